The monoisotopic (exact) mass is 559 g/mol. The first-order valence-electron chi connectivity index (χ1n) is 16.9. The highest BCUT2D eigenvalue weighted by atomic mass is 16.3. The van der Waals surface area contributed by atoms with Crippen LogP contribution in [0.5, 0.6) is 0 Å². The van der Waals surface area contributed by atoms with Gasteiger partial charge in [-0.05, 0) is 94.9 Å². The SMILES string of the molecule is CN(C[C@H]1C[C@H](N2CCC3C(N)NCNC32)[C@@H](O)[C@H]1O)C1CC(CCC2NC3CCC(C4(C)CCC4)CC3N2)C1. The number of nitrogens with two attached hydrogens (primary N) is 1. The molecule has 0 spiro atoms. The molecular formula is C31H57N7O2. The van der Waals surface area contributed by atoms with Crippen molar-refractivity contribution in [1.29, 1.82) is 0 Å². The molecule has 9 nitrogen and oxygen atoms in total. The standard InChI is InChI=1S/C31H57N7O2/c1-31(9-3-10-31)20-5-6-23-24(15-20)36-26(35-23)7-4-18-12-21(13-18)37(2)16-19-14-25(28(40)27(19)39)38-11-8-22-29(32)33-17-34-30(22)38/h18-30,33-36,39-40H,3-17,32H2,1-2H3/t18?,19-,20?,21?,22?,23?,24?,25+,26?,27+,28-,29?,30?/m1/s1. The minimum atomic E-state index is -0.679. The van der Waals surface area contributed by atoms with Crippen LogP contribution in [0.1, 0.15) is 84.0 Å². The highest BCUT2D eigenvalue weighted by Crippen LogP contribution is 2.52. The lowest BCUT2D eigenvalue weighted by molar-refractivity contribution is -0.0279. The number of nitrogens with zero attached hydrogens (tertiary/aromatic N) is 2. The molecule has 3 aliphatic heterocycles. The van der Waals surface area contributed by atoms with Crippen LogP contribution in [-0.2, 0) is 0 Å². The van der Waals surface area contributed by atoms with E-state index >= 15 is 0 Å². The Balaban J connectivity index is 0.832. The van der Waals surface area contributed by atoms with E-state index in [-0.39, 0.29) is 24.3 Å². The van der Waals surface area contributed by atoms with Crippen LogP contribution in [0.15, 0.2) is 0 Å². The molecule has 3 heterocycles. The molecule has 0 radical (unpaired) electrons. The maximum atomic E-state index is 11.0. The number of rotatable bonds is 8. The van der Waals surface area contributed by atoms with Crippen molar-refractivity contribution in [2.24, 2.45) is 34.8 Å². The van der Waals surface area contributed by atoms with Crippen LogP contribution in [0.2, 0.25) is 0 Å². The van der Waals surface area contributed by atoms with Crippen molar-refractivity contribution in [1.82, 2.24) is 31.1 Å². The van der Waals surface area contributed by atoms with Gasteiger partial charge in [-0.25, -0.2) is 0 Å². The molecule has 4 aliphatic carbocycles. The number of nitrogens with one attached hydrogen (secondary N) is 4. The molecule has 9 heteroatoms. The van der Waals surface area contributed by atoms with Gasteiger partial charge in [0.1, 0.15) is 0 Å². The van der Waals surface area contributed by atoms with Crippen molar-refractivity contribution in [3.05, 3.63) is 0 Å². The maximum absolute atomic E-state index is 11.0. The van der Waals surface area contributed by atoms with Crippen molar-refractivity contribution in [3.63, 3.8) is 0 Å². The average Bonchev–Trinajstić information content (AvgIpc) is 3.58. The van der Waals surface area contributed by atoms with E-state index in [9.17, 15) is 10.2 Å². The molecule has 11 atom stereocenters. The Bertz CT molecular complexity index is 884. The van der Waals surface area contributed by atoms with Crippen molar-refractivity contribution in [2.45, 2.75) is 139 Å². The third-order valence-electron chi connectivity index (χ3n) is 13.2. The van der Waals surface area contributed by atoms with Crippen LogP contribution >= 0.6 is 0 Å². The van der Waals surface area contributed by atoms with E-state index in [1.807, 2.05) is 0 Å². The van der Waals surface area contributed by atoms with Crippen LogP contribution in [0.25, 0.3) is 0 Å². The van der Waals surface area contributed by atoms with Gasteiger partial charge in [0.15, 0.2) is 0 Å². The third kappa shape index (κ3) is 5.19. The average molecular weight is 560 g/mol. The quantitative estimate of drug-likeness (QED) is 0.233. The molecule has 8 N–H and O–H groups in total. The van der Waals surface area contributed by atoms with Gasteiger partial charge < -0.3 is 20.8 Å². The molecule has 7 fully saturated rings. The zero-order chi connectivity index (χ0) is 27.6. The number of likely N-dealkylation sites (tertiary alicyclic amines) is 1. The predicted octanol–water partition coefficient (Wildman–Crippen LogP) is 0.917. The largest absolute Gasteiger partial charge is 0.390 e. The van der Waals surface area contributed by atoms with Gasteiger partial charge >= 0.3 is 0 Å². The van der Waals surface area contributed by atoms with Crippen LogP contribution < -0.4 is 27.0 Å². The molecule has 7 unspecified atom stereocenters. The summed E-state index contributed by atoms with van der Waals surface area (Å²) in [5.74, 6) is 2.24. The second kappa shape index (κ2) is 11.3. The summed E-state index contributed by atoms with van der Waals surface area (Å²) >= 11 is 0. The molecule has 3 saturated heterocycles. The smallest absolute Gasteiger partial charge is 0.0957 e. The van der Waals surface area contributed by atoms with E-state index < -0.39 is 12.2 Å². The summed E-state index contributed by atoms with van der Waals surface area (Å²) in [4.78, 5) is 4.88. The number of hydrogen-bond acceptors (Lipinski definition) is 9. The lowest BCUT2D eigenvalue weighted by atomic mass is 9.58. The molecule has 0 aromatic carbocycles. The van der Waals surface area contributed by atoms with Crippen molar-refractivity contribution < 1.29 is 10.2 Å². The Morgan fingerprint density at radius 1 is 0.950 bits per heavy atom. The fourth-order valence-electron chi connectivity index (χ4n) is 10.2. The Morgan fingerprint density at radius 3 is 2.52 bits per heavy atom. The van der Waals surface area contributed by atoms with Crippen LogP contribution in [0.4, 0.5) is 0 Å². The second-order valence-electron chi connectivity index (χ2n) is 15.4. The number of fused-ring (bicyclic) bond motifs is 2. The Morgan fingerprint density at radius 2 is 1.75 bits per heavy atom. The van der Waals surface area contributed by atoms with Crippen molar-refractivity contribution >= 4 is 0 Å². The molecule has 4 saturated carbocycles. The Hall–Kier alpha value is -0.360. The zero-order valence-corrected chi connectivity index (χ0v) is 25.0. The first-order valence-corrected chi connectivity index (χ1v) is 16.9. The van der Waals surface area contributed by atoms with Gasteiger partial charge in [0.25, 0.3) is 0 Å². The van der Waals surface area contributed by atoms with Crippen LogP contribution in [-0.4, -0.2) is 102 Å². The fraction of sp³-hybridized carbons (Fsp3) is 1.00. The van der Waals surface area contributed by atoms with E-state index in [0.29, 0.717) is 42.3 Å². The summed E-state index contributed by atoms with van der Waals surface area (Å²) in [6, 6.07) is 2.00. The minimum absolute atomic E-state index is 0.00508. The molecular weight excluding hydrogens is 502 g/mol. The van der Waals surface area contributed by atoms with Gasteiger partial charge in [0, 0.05) is 55.8 Å². The highest BCUT2D eigenvalue weighted by molar-refractivity contribution is 5.05. The van der Waals surface area contributed by atoms with E-state index in [0.717, 1.165) is 37.8 Å². The lowest BCUT2D eigenvalue weighted by Gasteiger charge is -2.48. The summed E-state index contributed by atoms with van der Waals surface area (Å²) in [5.41, 5.74) is 6.95. The van der Waals surface area contributed by atoms with Gasteiger partial charge in [0.2, 0.25) is 0 Å². The van der Waals surface area contributed by atoms with Crippen LogP contribution in [0, 0.1) is 29.1 Å². The fourth-order valence-corrected chi connectivity index (χ4v) is 10.2. The molecule has 0 aromatic rings. The van der Waals surface area contributed by atoms with E-state index in [2.05, 4.69) is 45.0 Å². The van der Waals surface area contributed by atoms with Gasteiger partial charge in [-0.1, -0.05) is 13.3 Å². The minimum Gasteiger partial charge on any atom is -0.390 e. The molecule has 7 rings (SSSR count). The summed E-state index contributed by atoms with van der Waals surface area (Å²) < 4.78 is 0. The molecule has 40 heavy (non-hydrogen) atoms. The van der Waals surface area contributed by atoms with Crippen molar-refractivity contribution in [2.75, 3.05) is 26.8 Å². The topological polar surface area (TPSA) is 121 Å². The summed E-state index contributed by atoms with van der Waals surface area (Å²) in [5, 5.41) is 36.8. The molecule has 228 valence electrons. The summed E-state index contributed by atoms with van der Waals surface area (Å²) in [6.45, 7) is 5.06. The Kier molecular flexibility index (Phi) is 8.02. The van der Waals surface area contributed by atoms with Crippen molar-refractivity contribution in [3.8, 4) is 0 Å². The summed E-state index contributed by atoms with van der Waals surface area (Å²) in [7, 11) is 2.23. The van der Waals surface area contributed by atoms with Crippen LogP contribution in [0.3, 0.4) is 0 Å². The van der Waals surface area contributed by atoms with Gasteiger partial charge in [-0.3, -0.25) is 26.2 Å². The van der Waals surface area contributed by atoms with E-state index in [1.165, 1.54) is 64.2 Å². The van der Waals surface area contributed by atoms with Gasteiger partial charge in [-0.2, -0.15) is 0 Å². The summed E-state index contributed by atoms with van der Waals surface area (Å²) in [6.07, 6.45) is 14.9. The lowest BCUT2D eigenvalue weighted by Crippen LogP contribution is -2.64. The maximum Gasteiger partial charge on any atom is 0.0957 e. The van der Waals surface area contributed by atoms with Gasteiger partial charge in [-0.15, -0.1) is 0 Å². The molecule has 7 aliphatic rings. The first kappa shape index (κ1) is 28.4. The normalized spacial score (nSPS) is 50.4. The van der Waals surface area contributed by atoms with E-state index in [4.69, 9.17) is 5.73 Å². The van der Waals surface area contributed by atoms with Gasteiger partial charge in [0.05, 0.1) is 30.7 Å². The number of aliphatic hydroxyl groups is 2. The number of aliphatic hydroxyl groups excluding tert-OH is 2. The Labute approximate surface area is 241 Å². The predicted molar refractivity (Wildman–Crippen MR) is 157 cm³/mol. The second-order valence-corrected chi connectivity index (χ2v) is 15.4. The molecule has 0 amide bonds. The molecule has 0 aromatic heterocycles. The number of hydrogen-bond donors (Lipinski definition) is 7. The first-order chi connectivity index (χ1) is 19.3. The zero-order valence-electron chi connectivity index (χ0n) is 25.0. The molecule has 0 bridgehead atoms. The van der Waals surface area contributed by atoms with E-state index in [1.54, 1.807) is 0 Å². The highest BCUT2D eigenvalue weighted by Gasteiger charge is 2.51. The third-order valence-corrected chi connectivity index (χ3v) is 13.2.